The van der Waals surface area contributed by atoms with Gasteiger partial charge in [0.1, 0.15) is 16.9 Å². The van der Waals surface area contributed by atoms with E-state index in [1.54, 1.807) is 10.5 Å². The largest absolute Gasteiger partial charge is 0.398 e. The highest BCUT2D eigenvalue weighted by Crippen LogP contribution is 2.50. The molecule has 4 aromatic heterocycles. The van der Waals surface area contributed by atoms with Crippen LogP contribution in [-0.2, 0) is 0 Å². The van der Waals surface area contributed by atoms with Gasteiger partial charge in [0, 0.05) is 61.5 Å². The first kappa shape index (κ1) is 36.6. The number of fused-ring (bicyclic) bond motifs is 12. The van der Waals surface area contributed by atoms with Gasteiger partial charge in [0.15, 0.2) is 0 Å². The van der Waals surface area contributed by atoms with Crippen molar-refractivity contribution in [1.82, 2.24) is 18.8 Å². The number of nitro groups is 1. The predicted molar refractivity (Wildman–Crippen MR) is 268 cm³/mol. The molecular formula is C56H32N6O4. The summed E-state index contributed by atoms with van der Waals surface area (Å²) in [6.45, 7) is 7.92. The van der Waals surface area contributed by atoms with Gasteiger partial charge in [0.05, 0.1) is 27.0 Å². The van der Waals surface area contributed by atoms with E-state index in [1.807, 2.05) is 64.1 Å². The van der Waals surface area contributed by atoms with E-state index in [-0.39, 0.29) is 34.2 Å². The molecule has 0 aliphatic rings. The number of nitrogens with two attached hydrogens (primary N) is 1. The third kappa shape index (κ3) is 4.42. The highest BCUT2D eigenvalue weighted by atomic mass is 16.6. The second-order valence-corrected chi connectivity index (χ2v) is 18.3. The number of benzene rings is 10. The van der Waals surface area contributed by atoms with Crippen molar-refractivity contribution in [3.8, 4) is 23.7 Å². The number of pyridine rings is 2. The lowest BCUT2D eigenvalue weighted by Gasteiger charge is -2.21. The van der Waals surface area contributed by atoms with Gasteiger partial charge in [-0.3, -0.25) is 28.5 Å². The minimum atomic E-state index is -0.454. The molecule has 0 saturated carbocycles. The van der Waals surface area contributed by atoms with E-state index < -0.39 is 4.92 Å². The number of aromatic nitrogens is 4. The van der Waals surface area contributed by atoms with Gasteiger partial charge in [-0.15, -0.1) is 0 Å². The zero-order valence-electron chi connectivity index (χ0n) is 35.8. The second kappa shape index (κ2) is 12.2. The van der Waals surface area contributed by atoms with Crippen molar-refractivity contribution in [1.29, 1.82) is 0 Å². The van der Waals surface area contributed by atoms with E-state index in [0.29, 0.717) is 55.4 Å². The smallest absolute Gasteiger partial charge is 0.287 e. The van der Waals surface area contributed by atoms with Crippen LogP contribution < -0.4 is 16.9 Å². The topological polar surface area (TPSA) is 138 Å². The van der Waals surface area contributed by atoms with Gasteiger partial charge in [-0.05, 0) is 107 Å². The zero-order chi connectivity index (χ0) is 44.8. The molecule has 10 nitrogen and oxygen atoms in total. The van der Waals surface area contributed by atoms with Gasteiger partial charge in [-0.1, -0.05) is 99.9 Å². The third-order valence-electron chi connectivity index (χ3n) is 13.8. The van der Waals surface area contributed by atoms with Gasteiger partial charge < -0.3 is 5.73 Å². The van der Waals surface area contributed by atoms with E-state index in [9.17, 15) is 19.7 Å². The molecule has 0 amide bonds. The molecule has 14 aromatic rings. The molecule has 0 spiro atoms. The molecule has 0 bridgehead atoms. The van der Waals surface area contributed by atoms with Crippen molar-refractivity contribution in [3.05, 3.63) is 139 Å². The molecule has 2 N–H and O–H groups in total. The van der Waals surface area contributed by atoms with Crippen LogP contribution in [0.5, 0.6) is 0 Å². The predicted octanol–water partition coefficient (Wildman–Crippen LogP) is 11.6. The van der Waals surface area contributed by atoms with Crippen LogP contribution in [0.4, 0.5) is 11.4 Å². The van der Waals surface area contributed by atoms with Crippen LogP contribution in [-0.4, -0.2) is 23.7 Å². The lowest BCUT2D eigenvalue weighted by atomic mass is 9.82. The van der Waals surface area contributed by atoms with E-state index in [0.717, 1.165) is 86.2 Å². The Morgan fingerprint density at radius 1 is 0.500 bits per heavy atom. The highest BCUT2D eigenvalue weighted by molar-refractivity contribution is 6.45. The standard InChI is InChI=1S/C56H32N6O4/c1-25(2)5-7-27-21-42-45(23-41(27)57)60-53(58-42)37-17-13-33-29-9-12-32-36-16-20-40-52-38(54-59-43-22-28(8-6-26(3)4)44(62(65)66)24-46(43)61(54)56(40)64)18-14-34(50(36)52)30-10-11-31(47(29)48(30)32)35-15-19-39(55(60)63)51(37)49(33)35/h9-26H,57H2,1-4H3. The normalized spacial score (nSPS) is 12.6. The fraction of sp³-hybridized carbons (Fsp3) is 0.107. The summed E-state index contributed by atoms with van der Waals surface area (Å²) in [5.41, 5.74) is 10.6. The second-order valence-electron chi connectivity index (χ2n) is 18.3. The van der Waals surface area contributed by atoms with Crippen LogP contribution in [0.2, 0.25) is 0 Å². The van der Waals surface area contributed by atoms with Crippen LogP contribution >= 0.6 is 0 Å². The summed E-state index contributed by atoms with van der Waals surface area (Å²) < 4.78 is 3.20. The lowest BCUT2D eigenvalue weighted by Crippen LogP contribution is -2.13. The maximum absolute atomic E-state index is 14.6. The van der Waals surface area contributed by atoms with E-state index >= 15 is 0 Å². The monoisotopic (exact) mass is 852 g/mol. The van der Waals surface area contributed by atoms with Gasteiger partial charge in [-0.2, -0.15) is 0 Å². The number of anilines is 1. The Morgan fingerprint density at radius 3 is 1.23 bits per heavy atom. The van der Waals surface area contributed by atoms with E-state index in [1.165, 1.54) is 10.5 Å². The van der Waals surface area contributed by atoms with Crippen LogP contribution in [0.25, 0.3) is 130 Å². The molecule has 66 heavy (non-hydrogen) atoms. The maximum Gasteiger partial charge on any atom is 0.287 e. The number of nitrogens with zero attached hydrogens (tertiary/aromatic N) is 5. The Balaban J connectivity index is 1.05. The highest BCUT2D eigenvalue weighted by Gasteiger charge is 2.26. The van der Waals surface area contributed by atoms with Gasteiger partial charge in [-0.25, -0.2) is 9.97 Å². The van der Waals surface area contributed by atoms with Crippen LogP contribution in [0, 0.1) is 45.6 Å². The van der Waals surface area contributed by atoms with Crippen molar-refractivity contribution >= 4 is 142 Å². The first-order valence-electron chi connectivity index (χ1n) is 21.9. The summed E-state index contributed by atoms with van der Waals surface area (Å²) >= 11 is 0. The Hall–Kier alpha value is -8.86. The van der Waals surface area contributed by atoms with Crippen molar-refractivity contribution in [2.24, 2.45) is 11.8 Å². The molecule has 0 fully saturated rings. The van der Waals surface area contributed by atoms with Gasteiger partial charge in [0.2, 0.25) is 0 Å². The Kier molecular flexibility index (Phi) is 6.78. The Bertz CT molecular complexity index is 4800. The Morgan fingerprint density at radius 2 is 0.833 bits per heavy atom. The van der Waals surface area contributed by atoms with Gasteiger partial charge in [0.25, 0.3) is 16.8 Å². The molecule has 0 saturated heterocycles. The molecule has 0 atom stereocenters. The first-order chi connectivity index (χ1) is 32.0. The summed E-state index contributed by atoms with van der Waals surface area (Å²) in [6.07, 6.45) is 0. The quantitative estimate of drug-likeness (QED) is 0.0433. The van der Waals surface area contributed by atoms with Crippen molar-refractivity contribution in [2.75, 3.05) is 5.73 Å². The molecule has 0 aliphatic heterocycles. The maximum atomic E-state index is 14.6. The molecule has 10 aromatic carbocycles. The van der Waals surface area contributed by atoms with Crippen molar-refractivity contribution < 1.29 is 4.92 Å². The molecule has 0 radical (unpaired) electrons. The summed E-state index contributed by atoms with van der Waals surface area (Å²) in [6, 6.07) is 31.9. The van der Waals surface area contributed by atoms with Crippen molar-refractivity contribution in [3.63, 3.8) is 0 Å². The molecular weight excluding hydrogens is 821 g/mol. The van der Waals surface area contributed by atoms with E-state index in [4.69, 9.17) is 15.7 Å². The summed E-state index contributed by atoms with van der Waals surface area (Å²) in [5.74, 6) is 12.6. The lowest BCUT2D eigenvalue weighted by molar-refractivity contribution is -0.385. The average Bonchev–Trinajstić information content (AvgIpc) is 3.88. The summed E-state index contributed by atoms with van der Waals surface area (Å²) in [5, 5.41) is 29.4. The average molecular weight is 853 g/mol. The minimum absolute atomic E-state index is 0.0148. The first-order valence-corrected chi connectivity index (χ1v) is 21.9. The third-order valence-corrected chi connectivity index (χ3v) is 13.8. The number of hydrogen-bond donors (Lipinski definition) is 1. The molecule has 4 heterocycles. The van der Waals surface area contributed by atoms with Crippen molar-refractivity contribution in [2.45, 2.75) is 27.7 Å². The number of imidazole rings is 2. The molecule has 0 unspecified atom stereocenters. The number of nitrogen functional groups attached to an aromatic ring is 1. The molecule has 10 heteroatoms. The van der Waals surface area contributed by atoms with E-state index in [2.05, 4.69) is 72.2 Å². The molecule has 0 aliphatic carbocycles. The fourth-order valence-electron chi connectivity index (χ4n) is 11.1. The fourth-order valence-corrected chi connectivity index (χ4v) is 11.1. The van der Waals surface area contributed by atoms with Gasteiger partial charge >= 0.3 is 0 Å². The number of hydrogen-bond acceptors (Lipinski definition) is 7. The minimum Gasteiger partial charge on any atom is -0.398 e. The number of nitro benzene ring substituents is 1. The van der Waals surface area contributed by atoms with Crippen LogP contribution in [0.3, 0.4) is 0 Å². The molecule has 310 valence electrons. The molecule has 14 rings (SSSR count). The zero-order valence-corrected chi connectivity index (χ0v) is 35.8. The number of rotatable bonds is 1. The summed E-state index contributed by atoms with van der Waals surface area (Å²) in [4.78, 5) is 51.1. The Labute approximate surface area is 372 Å². The summed E-state index contributed by atoms with van der Waals surface area (Å²) in [7, 11) is 0. The van der Waals surface area contributed by atoms with Crippen LogP contribution in [0.15, 0.2) is 107 Å². The SMILES string of the molecule is CC(C)C#Cc1cc2nc3c4ccc5c6ccc7c8ccc9c(=O)n%10c%11cc([N+](=O)[O-])c(C#CC(C)C)cc%11nc%10c%10ccc(c%11ccc(c%12ccc(c(=O)n3c2cc1N)c4c5%12)c6c7%11)c8c9%10. The van der Waals surface area contributed by atoms with Crippen LogP contribution in [0.1, 0.15) is 38.8 Å².